The maximum absolute atomic E-state index is 12.1. The Morgan fingerprint density at radius 2 is 1.97 bits per heavy atom. The number of nitrogens with zero attached hydrogens (tertiary/aromatic N) is 3. The first-order valence-corrected chi connectivity index (χ1v) is 13.1. The third-order valence-corrected chi connectivity index (χ3v) is 8.50. The van der Waals surface area contributed by atoms with Crippen LogP contribution in [0.15, 0.2) is 48.7 Å². The number of hydrogen-bond acceptors (Lipinski definition) is 6. The van der Waals surface area contributed by atoms with Crippen LogP contribution in [0.4, 0.5) is 0 Å². The zero-order valence-corrected chi connectivity index (χ0v) is 20.8. The van der Waals surface area contributed by atoms with Crippen molar-refractivity contribution in [1.29, 1.82) is 0 Å². The fraction of sp³-hybridized carbons (Fsp3) is 0.370. The number of aromatic amines is 1. The molecule has 1 amide bonds. The highest BCUT2D eigenvalue weighted by atomic mass is 32.1. The van der Waals surface area contributed by atoms with Gasteiger partial charge in [0.2, 0.25) is 5.91 Å². The molecule has 2 fully saturated rings. The van der Waals surface area contributed by atoms with Crippen LogP contribution >= 0.6 is 11.3 Å². The number of benzene rings is 2. The molecule has 6 rings (SSSR count). The Hall–Kier alpha value is -3.43. The second-order valence-electron chi connectivity index (χ2n) is 9.79. The number of fused-ring (bicyclic) bond motifs is 4. The summed E-state index contributed by atoms with van der Waals surface area (Å²) in [5.74, 6) is -0.361. The molecule has 0 saturated carbocycles. The van der Waals surface area contributed by atoms with Crippen LogP contribution in [0.1, 0.15) is 38.2 Å². The second kappa shape index (κ2) is 9.22. The lowest BCUT2D eigenvalue weighted by Crippen LogP contribution is -2.52. The first-order chi connectivity index (χ1) is 17.4. The zero-order valence-electron chi connectivity index (χ0n) is 20.0. The number of aliphatic carboxylic acids is 1. The first kappa shape index (κ1) is 23.0. The fourth-order valence-electron chi connectivity index (χ4n) is 5.95. The van der Waals surface area contributed by atoms with Crippen LogP contribution in [-0.4, -0.2) is 61.4 Å². The molecule has 3 atom stereocenters. The van der Waals surface area contributed by atoms with Gasteiger partial charge in [-0.1, -0.05) is 23.5 Å². The van der Waals surface area contributed by atoms with Gasteiger partial charge in [0.05, 0.1) is 10.2 Å². The van der Waals surface area contributed by atoms with Crippen molar-refractivity contribution in [1.82, 2.24) is 19.8 Å². The van der Waals surface area contributed by atoms with Crippen molar-refractivity contribution in [3.8, 4) is 10.9 Å². The Labute approximate surface area is 212 Å². The summed E-state index contributed by atoms with van der Waals surface area (Å²) in [4.78, 5) is 35.5. The van der Waals surface area contributed by atoms with Crippen molar-refractivity contribution < 1.29 is 19.4 Å². The van der Waals surface area contributed by atoms with Crippen molar-refractivity contribution >= 4 is 44.3 Å². The number of ether oxygens (including phenoxy) is 1. The molecule has 2 N–H and O–H groups in total. The van der Waals surface area contributed by atoms with Gasteiger partial charge in [-0.2, -0.15) is 0 Å². The number of piperidine rings is 1. The SMILES string of the molecule is CC(=O)N(CC(=O)O)[C@H]1C[C@H]2CC[C@@H](C1)N2Cc1c[nH]c2cc(Oc3nc4ccccc4s3)ccc12. The number of hydrogen-bond donors (Lipinski definition) is 2. The Balaban J connectivity index is 1.16. The number of carboxylic acid groups (broad SMARTS) is 1. The molecule has 0 unspecified atom stereocenters. The summed E-state index contributed by atoms with van der Waals surface area (Å²) in [7, 11) is 0. The van der Waals surface area contributed by atoms with Crippen molar-refractivity contribution in [2.75, 3.05) is 6.54 Å². The number of rotatable bonds is 7. The minimum atomic E-state index is -0.953. The van der Waals surface area contributed by atoms with Gasteiger partial charge in [-0.15, -0.1) is 0 Å². The van der Waals surface area contributed by atoms with Crippen LogP contribution in [0.3, 0.4) is 0 Å². The van der Waals surface area contributed by atoms with Gasteiger partial charge in [-0.25, -0.2) is 4.98 Å². The lowest BCUT2D eigenvalue weighted by Gasteiger charge is -2.42. The predicted octanol–water partition coefficient (Wildman–Crippen LogP) is 5.00. The van der Waals surface area contributed by atoms with Crippen molar-refractivity contribution in [2.24, 2.45) is 0 Å². The molecule has 186 valence electrons. The molecular formula is C27H28N4O4S. The highest BCUT2D eigenvalue weighted by Crippen LogP contribution is 2.40. The van der Waals surface area contributed by atoms with Crippen LogP contribution in [0, 0.1) is 0 Å². The Morgan fingerprint density at radius 1 is 1.19 bits per heavy atom. The van der Waals surface area contributed by atoms with E-state index in [9.17, 15) is 14.7 Å². The van der Waals surface area contributed by atoms with Crippen LogP contribution in [0.5, 0.6) is 10.9 Å². The fourth-order valence-corrected chi connectivity index (χ4v) is 6.79. The Morgan fingerprint density at radius 3 is 2.69 bits per heavy atom. The van der Waals surface area contributed by atoms with E-state index in [0.29, 0.717) is 17.3 Å². The maximum atomic E-state index is 12.1. The van der Waals surface area contributed by atoms with Gasteiger partial charge in [0.15, 0.2) is 0 Å². The van der Waals surface area contributed by atoms with Gasteiger partial charge in [0, 0.05) is 54.8 Å². The monoisotopic (exact) mass is 504 g/mol. The van der Waals surface area contributed by atoms with Crippen LogP contribution in [0.2, 0.25) is 0 Å². The predicted molar refractivity (Wildman–Crippen MR) is 138 cm³/mol. The van der Waals surface area contributed by atoms with Gasteiger partial charge in [0.25, 0.3) is 5.19 Å². The summed E-state index contributed by atoms with van der Waals surface area (Å²) in [6.07, 6.45) is 5.90. The normalized spacial score (nSPS) is 21.8. The summed E-state index contributed by atoms with van der Waals surface area (Å²) < 4.78 is 7.16. The number of amides is 1. The van der Waals surface area contributed by atoms with Gasteiger partial charge in [-0.3, -0.25) is 14.5 Å². The molecule has 2 aromatic heterocycles. The number of H-pyrrole nitrogens is 1. The second-order valence-corrected chi connectivity index (χ2v) is 10.8. The first-order valence-electron chi connectivity index (χ1n) is 12.3. The van der Waals surface area contributed by atoms with Gasteiger partial charge in [0.1, 0.15) is 12.3 Å². The zero-order chi connectivity index (χ0) is 24.8. The molecule has 9 heteroatoms. The van der Waals surface area contributed by atoms with Crippen LogP contribution in [-0.2, 0) is 16.1 Å². The minimum Gasteiger partial charge on any atom is -0.480 e. The molecule has 0 radical (unpaired) electrons. The summed E-state index contributed by atoms with van der Waals surface area (Å²) in [5, 5.41) is 11.0. The van der Waals surface area contributed by atoms with E-state index < -0.39 is 5.97 Å². The van der Waals surface area contributed by atoms with Crippen LogP contribution in [0.25, 0.3) is 21.1 Å². The molecule has 2 aliphatic heterocycles. The van der Waals surface area contributed by atoms with E-state index in [1.807, 2.05) is 36.4 Å². The lowest BCUT2D eigenvalue weighted by molar-refractivity contribution is -0.146. The van der Waals surface area contributed by atoms with Gasteiger partial charge >= 0.3 is 5.97 Å². The number of para-hydroxylation sites is 1. The third-order valence-electron chi connectivity index (χ3n) is 7.58. The quantitative estimate of drug-likeness (QED) is 0.368. The minimum absolute atomic E-state index is 0.00228. The summed E-state index contributed by atoms with van der Waals surface area (Å²) >= 11 is 1.53. The average molecular weight is 505 g/mol. The molecule has 4 heterocycles. The molecule has 0 aliphatic carbocycles. The molecule has 8 nitrogen and oxygen atoms in total. The molecule has 2 bridgehead atoms. The number of carboxylic acids is 1. The van der Waals surface area contributed by atoms with Crippen molar-refractivity contribution in [2.45, 2.75) is 57.3 Å². The number of thiazole rings is 1. The highest BCUT2D eigenvalue weighted by molar-refractivity contribution is 7.20. The summed E-state index contributed by atoms with van der Waals surface area (Å²) in [6.45, 7) is 2.08. The molecular weight excluding hydrogens is 476 g/mol. The van der Waals surface area contributed by atoms with E-state index in [2.05, 4.69) is 27.1 Å². The summed E-state index contributed by atoms with van der Waals surface area (Å²) in [6, 6.07) is 14.8. The molecule has 2 aliphatic rings. The standard InChI is InChI=1S/C27H28N4O4S/c1-16(32)30(15-26(33)34)20-10-18-6-7-19(11-20)31(18)14-17-13-28-24-12-21(8-9-22(17)24)35-27-29-23-4-2-3-5-25(23)36-27/h2-5,8-9,12-13,18-20,28H,6-7,10-11,14-15H2,1H3,(H,33,34)/t18-,19+,20+. The number of carbonyl (C=O) groups excluding carboxylic acids is 1. The van der Waals surface area contributed by atoms with E-state index in [1.54, 1.807) is 4.90 Å². The molecule has 2 saturated heterocycles. The van der Waals surface area contributed by atoms with E-state index in [-0.39, 0.29) is 18.5 Å². The topological polar surface area (TPSA) is 98.8 Å². The molecule has 2 aromatic carbocycles. The van der Waals surface area contributed by atoms with Crippen molar-refractivity contribution in [3.05, 3.63) is 54.2 Å². The van der Waals surface area contributed by atoms with E-state index in [4.69, 9.17) is 4.74 Å². The lowest BCUT2D eigenvalue weighted by atomic mass is 9.95. The number of carbonyl (C=O) groups is 2. The maximum Gasteiger partial charge on any atom is 0.323 e. The average Bonchev–Trinajstić information content (AvgIpc) is 3.50. The van der Waals surface area contributed by atoms with Gasteiger partial charge in [-0.05, 0) is 55.5 Å². The summed E-state index contributed by atoms with van der Waals surface area (Å²) in [5.41, 5.74) is 3.20. The van der Waals surface area contributed by atoms with E-state index >= 15 is 0 Å². The number of nitrogens with one attached hydrogen (secondary N) is 1. The Kier molecular flexibility index (Phi) is 5.89. The molecule has 36 heavy (non-hydrogen) atoms. The third kappa shape index (κ3) is 4.33. The van der Waals surface area contributed by atoms with E-state index in [1.165, 1.54) is 29.2 Å². The van der Waals surface area contributed by atoms with Gasteiger partial charge < -0.3 is 19.7 Å². The van der Waals surface area contributed by atoms with Crippen molar-refractivity contribution in [3.63, 3.8) is 0 Å². The molecule has 4 aromatic rings. The van der Waals surface area contributed by atoms with E-state index in [0.717, 1.165) is 53.7 Å². The van der Waals surface area contributed by atoms with Crippen LogP contribution < -0.4 is 4.74 Å². The Bertz CT molecular complexity index is 1400. The smallest absolute Gasteiger partial charge is 0.323 e. The highest BCUT2D eigenvalue weighted by Gasteiger charge is 2.43. The molecule has 0 spiro atoms. The number of aromatic nitrogens is 2. The largest absolute Gasteiger partial charge is 0.480 e.